The molecule has 114 valence electrons. The van der Waals surface area contributed by atoms with Gasteiger partial charge in [0.1, 0.15) is 5.75 Å². The van der Waals surface area contributed by atoms with Crippen molar-refractivity contribution >= 4 is 0 Å². The van der Waals surface area contributed by atoms with Gasteiger partial charge in [-0.1, -0.05) is 24.8 Å². The van der Waals surface area contributed by atoms with E-state index in [9.17, 15) is 0 Å². The molecule has 0 spiro atoms. The molecule has 1 aromatic rings. The van der Waals surface area contributed by atoms with E-state index in [1.54, 1.807) is 7.11 Å². The third kappa shape index (κ3) is 4.23. The van der Waals surface area contributed by atoms with Crippen LogP contribution in [0, 0.1) is 11.8 Å². The van der Waals surface area contributed by atoms with Crippen molar-refractivity contribution in [2.45, 2.75) is 45.2 Å². The molecule has 1 heterocycles. The summed E-state index contributed by atoms with van der Waals surface area (Å²) >= 11 is 0. The highest BCUT2D eigenvalue weighted by molar-refractivity contribution is 5.48. The third-order valence-corrected chi connectivity index (χ3v) is 4.08. The fourth-order valence-electron chi connectivity index (χ4n) is 2.96. The van der Waals surface area contributed by atoms with Crippen LogP contribution in [0.2, 0.25) is 0 Å². The van der Waals surface area contributed by atoms with E-state index in [2.05, 4.69) is 35.8 Å². The Bertz CT molecular complexity index is 516. The summed E-state index contributed by atoms with van der Waals surface area (Å²) in [6.07, 6.45) is 4.34. The zero-order valence-electron chi connectivity index (χ0n) is 13.1. The van der Waals surface area contributed by atoms with Gasteiger partial charge >= 0.3 is 0 Å². The van der Waals surface area contributed by atoms with Crippen molar-refractivity contribution in [2.75, 3.05) is 20.3 Å². The molecule has 1 unspecified atom stereocenters. The lowest BCUT2D eigenvalue weighted by atomic mass is 10.1. The maximum absolute atomic E-state index is 8.83. The van der Waals surface area contributed by atoms with Gasteiger partial charge in [0.15, 0.2) is 0 Å². The van der Waals surface area contributed by atoms with Crippen molar-refractivity contribution in [3.05, 3.63) is 29.3 Å². The van der Waals surface area contributed by atoms with E-state index in [4.69, 9.17) is 9.84 Å². The number of hydrogen-bond acceptors (Lipinski definition) is 3. The molecule has 1 aliphatic heterocycles. The SMILES string of the molecule is CCC1CCCN1Cc1ccc(OC)c(C#CCCO)c1. The maximum Gasteiger partial charge on any atom is 0.134 e. The summed E-state index contributed by atoms with van der Waals surface area (Å²) in [4.78, 5) is 2.56. The summed E-state index contributed by atoms with van der Waals surface area (Å²) in [6.45, 7) is 4.54. The number of nitrogens with zero attached hydrogens (tertiary/aromatic N) is 1. The summed E-state index contributed by atoms with van der Waals surface area (Å²) in [5, 5.41) is 8.83. The first kappa shape index (κ1) is 15.9. The summed E-state index contributed by atoms with van der Waals surface area (Å²) < 4.78 is 5.36. The van der Waals surface area contributed by atoms with Gasteiger partial charge in [-0.15, -0.1) is 0 Å². The Morgan fingerprint density at radius 3 is 3.00 bits per heavy atom. The number of hydrogen-bond donors (Lipinski definition) is 1. The summed E-state index contributed by atoms with van der Waals surface area (Å²) in [6, 6.07) is 6.96. The third-order valence-electron chi connectivity index (χ3n) is 4.08. The van der Waals surface area contributed by atoms with Gasteiger partial charge < -0.3 is 9.84 Å². The number of rotatable bonds is 5. The highest BCUT2D eigenvalue weighted by atomic mass is 16.5. The number of aliphatic hydroxyl groups is 1. The zero-order chi connectivity index (χ0) is 15.1. The van der Waals surface area contributed by atoms with Gasteiger partial charge in [0.25, 0.3) is 0 Å². The number of aliphatic hydroxyl groups excluding tert-OH is 1. The Morgan fingerprint density at radius 2 is 2.29 bits per heavy atom. The average Bonchev–Trinajstić information content (AvgIpc) is 2.95. The van der Waals surface area contributed by atoms with Crippen LogP contribution in [-0.4, -0.2) is 36.3 Å². The number of ether oxygens (including phenoxy) is 1. The predicted octanol–water partition coefficient (Wildman–Crippen LogP) is 2.80. The molecule has 0 radical (unpaired) electrons. The Hall–Kier alpha value is -1.50. The number of likely N-dealkylation sites (tertiary alicyclic amines) is 1. The second kappa shape index (κ2) is 8.07. The first-order valence-electron chi connectivity index (χ1n) is 7.79. The molecule has 0 amide bonds. The van der Waals surface area contributed by atoms with Gasteiger partial charge in [0.2, 0.25) is 0 Å². The van der Waals surface area contributed by atoms with Crippen LogP contribution >= 0.6 is 0 Å². The van der Waals surface area contributed by atoms with Crippen LogP contribution < -0.4 is 4.74 Å². The largest absolute Gasteiger partial charge is 0.495 e. The lowest BCUT2D eigenvalue weighted by Gasteiger charge is -2.23. The Balaban J connectivity index is 2.14. The molecule has 1 atom stereocenters. The van der Waals surface area contributed by atoms with Crippen LogP contribution in [0.3, 0.4) is 0 Å². The van der Waals surface area contributed by atoms with Crippen LogP contribution in [0.15, 0.2) is 18.2 Å². The van der Waals surface area contributed by atoms with Crippen molar-refractivity contribution in [3.63, 3.8) is 0 Å². The van der Waals surface area contributed by atoms with Crippen molar-refractivity contribution in [1.29, 1.82) is 0 Å². The van der Waals surface area contributed by atoms with Crippen LogP contribution in [0.4, 0.5) is 0 Å². The van der Waals surface area contributed by atoms with Crippen LogP contribution in [0.5, 0.6) is 5.75 Å². The summed E-state index contributed by atoms with van der Waals surface area (Å²) in [5.41, 5.74) is 2.19. The van der Waals surface area contributed by atoms with E-state index in [-0.39, 0.29) is 6.61 Å². The van der Waals surface area contributed by atoms with Crippen molar-refractivity contribution < 1.29 is 9.84 Å². The minimum Gasteiger partial charge on any atom is -0.495 e. The highest BCUT2D eigenvalue weighted by Gasteiger charge is 2.22. The fraction of sp³-hybridized carbons (Fsp3) is 0.556. The monoisotopic (exact) mass is 287 g/mol. The van der Waals surface area contributed by atoms with E-state index >= 15 is 0 Å². The number of benzene rings is 1. The first-order valence-corrected chi connectivity index (χ1v) is 7.79. The Morgan fingerprint density at radius 1 is 1.43 bits per heavy atom. The fourth-order valence-corrected chi connectivity index (χ4v) is 2.96. The molecular weight excluding hydrogens is 262 g/mol. The lowest BCUT2D eigenvalue weighted by molar-refractivity contribution is 0.240. The average molecular weight is 287 g/mol. The molecule has 0 bridgehead atoms. The molecule has 3 heteroatoms. The van der Waals surface area contributed by atoms with Crippen LogP contribution in [0.25, 0.3) is 0 Å². The van der Waals surface area contributed by atoms with Gasteiger partial charge in [-0.3, -0.25) is 4.90 Å². The minimum atomic E-state index is 0.0982. The molecule has 0 saturated carbocycles. The van der Waals surface area contributed by atoms with Gasteiger partial charge in [-0.2, -0.15) is 0 Å². The lowest BCUT2D eigenvalue weighted by Crippen LogP contribution is -2.28. The van der Waals surface area contributed by atoms with E-state index in [1.165, 1.54) is 31.4 Å². The van der Waals surface area contributed by atoms with Crippen LogP contribution in [-0.2, 0) is 6.54 Å². The number of methoxy groups -OCH3 is 1. The smallest absolute Gasteiger partial charge is 0.134 e. The summed E-state index contributed by atoms with van der Waals surface area (Å²) in [7, 11) is 1.67. The van der Waals surface area contributed by atoms with E-state index in [0.29, 0.717) is 6.42 Å². The quantitative estimate of drug-likeness (QED) is 0.845. The van der Waals surface area contributed by atoms with Gasteiger partial charge in [0.05, 0.1) is 19.3 Å². The van der Waals surface area contributed by atoms with E-state index in [0.717, 1.165) is 23.9 Å². The second-order valence-electron chi connectivity index (χ2n) is 5.48. The maximum atomic E-state index is 8.83. The second-order valence-corrected chi connectivity index (χ2v) is 5.48. The Labute approximate surface area is 127 Å². The molecule has 1 fully saturated rings. The molecule has 1 N–H and O–H groups in total. The minimum absolute atomic E-state index is 0.0982. The molecule has 21 heavy (non-hydrogen) atoms. The molecule has 2 rings (SSSR count). The molecule has 3 nitrogen and oxygen atoms in total. The topological polar surface area (TPSA) is 32.7 Å². The molecule has 1 aromatic carbocycles. The molecule has 0 aliphatic carbocycles. The standard InChI is InChI=1S/C18H25NO2/c1-3-17-8-6-11-19(17)14-15-9-10-18(21-2)16(13-15)7-4-5-12-20/h9-10,13,17,20H,3,5-6,8,11-12,14H2,1-2H3. The van der Waals surface area contributed by atoms with Gasteiger partial charge in [-0.25, -0.2) is 0 Å². The first-order chi connectivity index (χ1) is 10.3. The molecule has 1 aliphatic rings. The molecule has 0 aromatic heterocycles. The summed E-state index contributed by atoms with van der Waals surface area (Å²) in [5.74, 6) is 6.88. The van der Waals surface area contributed by atoms with Crippen molar-refractivity contribution in [2.24, 2.45) is 0 Å². The van der Waals surface area contributed by atoms with E-state index < -0.39 is 0 Å². The Kier molecular flexibility index (Phi) is 6.10. The predicted molar refractivity (Wildman–Crippen MR) is 85.3 cm³/mol. The van der Waals surface area contributed by atoms with Crippen LogP contribution in [0.1, 0.15) is 43.7 Å². The highest BCUT2D eigenvalue weighted by Crippen LogP contribution is 2.24. The van der Waals surface area contributed by atoms with Crippen molar-refractivity contribution in [1.82, 2.24) is 4.90 Å². The van der Waals surface area contributed by atoms with Gasteiger partial charge in [0, 0.05) is 19.0 Å². The molecule has 1 saturated heterocycles. The van der Waals surface area contributed by atoms with Crippen molar-refractivity contribution in [3.8, 4) is 17.6 Å². The zero-order valence-corrected chi connectivity index (χ0v) is 13.1. The normalized spacial score (nSPS) is 18.3. The molecular formula is C18H25NO2. The van der Waals surface area contributed by atoms with E-state index in [1.807, 2.05) is 6.07 Å². The van der Waals surface area contributed by atoms with Gasteiger partial charge in [-0.05, 0) is 43.5 Å².